The molecule has 1 aliphatic heterocycles. The van der Waals surface area contributed by atoms with Crippen LogP contribution in [0.4, 0.5) is 0 Å². The van der Waals surface area contributed by atoms with Crippen LogP contribution in [0.2, 0.25) is 0 Å². The predicted octanol–water partition coefficient (Wildman–Crippen LogP) is 3.68. The number of amides is 1. The van der Waals surface area contributed by atoms with Gasteiger partial charge >= 0.3 is 0 Å². The van der Waals surface area contributed by atoms with E-state index in [0.29, 0.717) is 12.3 Å². The third-order valence-corrected chi connectivity index (χ3v) is 4.87. The molecule has 0 aliphatic carbocycles. The molecule has 1 fully saturated rings. The minimum Gasteiger partial charge on any atom is -0.490 e. The van der Waals surface area contributed by atoms with Crippen LogP contribution < -0.4 is 4.74 Å². The molecule has 2 atom stereocenters. The van der Waals surface area contributed by atoms with E-state index >= 15 is 0 Å². The van der Waals surface area contributed by atoms with Gasteiger partial charge in [0.1, 0.15) is 11.9 Å². The molecule has 0 N–H and O–H groups in total. The monoisotopic (exact) mass is 341 g/mol. The van der Waals surface area contributed by atoms with E-state index in [9.17, 15) is 4.79 Å². The van der Waals surface area contributed by atoms with Crippen LogP contribution in [0.1, 0.15) is 39.5 Å². The van der Waals surface area contributed by atoms with Gasteiger partial charge in [0.15, 0.2) is 0 Å². The Hall–Kier alpha value is -2.30. The van der Waals surface area contributed by atoms with Crippen molar-refractivity contribution in [3.05, 3.63) is 42.7 Å². The molecule has 2 aromatic rings. The van der Waals surface area contributed by atoms with E-state index in [1.165, 1.54) is 0 Å². The number of rotatable bonds is 6. The second kappa shape index (κ2) is 8.19. The van der Waals surface area contributed by atoms with E-state index in [1.807, 2.05) is 46.1 Å². The van der Waals surface area contributed by atoms with Gasteiger partial charge in [0.05, 0.1) is 5.69 Å². The van der Waals surface area contributed by atoms with Gasteiger partial charge in [-0.2, -0.15) is 5.10 Å². The standard InChI is InChI=1S/C20H27N3O2/c1-3-6-20(24)22-13-4-7-17(15-22)16(2)25-19-10-8-18(9-11-19)23-14-5-12-21-23/h5,8-12,14,16-17H,3-4,6-7,13,15H2,1-2H3/t16-,17?/m1/s1. The van der Waals surface area contributed by atoms with Gasteiger partial charge < -0.3 is 9.64 Å². The molecular formula is C20H27N3O2. The number of nitrogens with zero attached hydrogens (tertiary/aromatic N) is 3. The SMILES string of the molecule is CCCC(=O)N1CCCC([C@@H](C)Oc2ccc(-n3cccn3)cc2)C1. The number of hydrogen-bond acceptors (Lipinski definition) is 3. The molecule has 1 amide bonds. The fourth-order valence-corrected chi connectivity index (χ4v) is 3.40. The summed E-state index contributed by atoms with van der Waals surface area (Å²) in [6.07, 6.45) is 7.51. The van der Waals surface area contributed by atoms with Crippen LogP contribution in [0.15, 0.2) is 42.7 Å². The van der Waals surface area contributed by atoms with E-state index < -0.39 is 0 Å². The van der Waals surface area contributed by atoms with Crippen molar-refractivity contribution in [2.45, 2.75) is 45.6 Å². The van der Waals surface area contributed by atoms with Crippen molar-refractivity contribution in [1.82, 2.24) is 14.7 Å². The molecule has 3 rings (SSSR count). The Morgan fingerprint density at radius 2 is 2.16 bits per heavy atom. The smallest absolute Gasteiger partial charge is 0.222 e. The van der Waals surface area contributed by atoms with Crippen molar-refractivity contribution in [1.29, 1.82) is 0 Å². The normalized spacial score (nSPS) is 18.8. The number of hydrogen-bond donors (Lipinski definition) is 0. The van der Waals surface area contributed by atoms with Gasteiger partial charge in [0.2, 0.25) is 5.91 Å². The summed E-state index contributed by atoms with van der Waals surface area (Å²) in [6.45, 7) is 5.86. The Morgan fingerprint density at radius 3 is 2.84 bits per heavy atom. The van der Waals surface area contributed by atoms with E-state index in [-0.39, 0.29) is 12.0 Å². The molecule has 1 saturated heterocycles. The lowest BCUT2D eigenvalue weighted by atomic mass is 9.93. The van der Waals surface area contributed by atoms with Crippen LogP contribution in [0.25, 0.3) is 5.69 Å². The van der Waals surface area contributed by atoms with Gasteiger partial charge in [-0.25, -0.2) is 4.68 Å². The summed E-state index contributed by atoms with van der Waals surface area (Å²) in [5, 5.41) is 4.23. The molecule has 25 heavy (non-hydrogen) atoms. The first-order chi connectivity index (χ1) is 12.2. The molecule has 1 aromatic heterocycles. The molecule has 0 saturated carbocycles. The number of aromatic nitrogens is 2. The van der Waals surface area contributed by atoms with Crippen LogP contribution in [-0.2, 0) is 4.79 Å². The summed E-state index contributed by atoms with van der Waals surface area (Å²) in [5.41, 5.74) is 1.01. The number of likely N-dealkylation sites (tertiary alicyclic amines) is 1. The number of carbonyl (C=O) groups excluding carboxylic acids is 1. The van der Waals surface area contributed by atoms with Crippen molar-refractivity contribution < 1.29 is 9.53 Å². The highest BCUT2D eigenvalue weighted by molar-refractivity contribution is 5.76. The van der Waals surface area contributed by atoms with Crippen LogP contribution >= 0.6 is 0 Å². The Balaban J connectivity index is 1.58. The van der Waals surface area contributed by atoms with Crippen molar-refractivity contribution in [3.63, 3.8) is 0 Å². The average molecular weight is 341 g/mol. The van der Waals surface area contributed by atoms with E-state index in [0.717, 1.165) is 43.8 Å². The van der Waals surface area contributed by atoms with E-state index in [4.69, 9.17) is 4.74 Å². The Labute approximate surface area is 149 Å². The first-order valence-corrected chi connectivity index (χ1v) is 9.22. The molecule has 0 bridgehead atoms. The van der Waals surface area contributed by atoms with Gasteiger partial charge in [-0.1, -0.05) is 6.92 Å². The second-order valence-corrected chi connectivity index (χ2v) is 6.76. The molecule has 1 aromatic carbocycles. The highest BCUT2D eigenvalue weighted by Gasteiger charge is 2.28. The zero-order valence-corrected chi connectivity index (χ0v) is 15.1. The zero-order chi connectivity index (χ0) is 17.6. The van der Waals surface area contributed by atoms with Gasteiger partial charge in [-0.3, -0.25) is 4.79 Å². The molecule has 5 nitrogen and oxygen atoms in total. The molecule has 5 heteroatoms. The topological polar surface area (TPSA) is 47.4 Å². The molecule has 1 unspecified atom stereocenters. The highest BCUT2D eigenvalue weighted by atomic mass is 16.5. The van der Waals surface area contributed by atoms with E-state index in [1.54, 1.807) is 6.20 Å². The van der Waals surface area contributed by atoms with Crippen LogP contribution in [0.5, 0.6) is 5.75 Å². The maximum absolute atomic E-state index is 12.2. The summed E-state index contributed by atoms with van der Waals surface area (Å²) < 4.78 is 7.97. The van der Waals surface area contributed by atoms with E-state index in [2.05, 4.69) is 18.9 Å². The summed E-state index contributed by atoms with van der Waals surface area (Å²) in [7, 11) is 0. The number of benzene rings is 1. The average Bonchev–Trinajstić information content (AvgIpc) is 3.17. The molecule has 0 radical (unpaired) electrons. The van der Waals surface area contributed by atoms with Crippen LogP contribution in [0.3, 0.4) is 0 Å². The summed E-state index contributed by atoms with van der Waals surface area (Å²) in [5.74, 6) is 1.53. The lowest BCUT2D eigenvalue weighted by molar-refractivity contribution is -0.133. The minimum absolute atomic E-state index is 0.0905. The summed E-state index contributed by atoms with van der Waals surface area (Å²) in [4.78, 5) is 14.2. The third-order valence-electron chi connectivity index (χ3n) is 4.87. The molecule has 1 aliphatic rings. The fourth-order valence-electron chi connectivity index (χ4n) is 3.40. The Morgan fingerprint density at radius 1 is 1.36 bits per heavy atom. The van der Waals surface area contributed by atoms with Gasteiger partial charge in [-0.15, -0.1) is 0 Å². The highest BCUT2D eigenvalue weighted by Crippen LogP contribution is 2.25. The Bertz CT molecular complexity index is 667. The quantitative estimate of drug-likeness (QED) is 0.805. The summed E-state index contributed by atoms with van der Waals surface area (Å²) >= 11 is 0. The van der Waals surface area contributed by atoms with Gasteiger partial charge in [-0.05, 0) is 56.5 Å². The van der Waals surface area contributed by atoms with Crippen molar-refractivity contribution in [3.8, 4) is 11.4 Å². The lowest BCUT2D eigenvalue weighted by Crippen LogP contribution is -2.44. The van der Waals surface area contributed by atoms with Crippen molar-refractivity contribution >= 4 is 5.91 Å². The third kappa shape index (κ3) is 4.41. The first kappa shape index (κ1) is 17.5. The van der Waals surface area contributed by atoms with Gasteiger partial charge in [0.25, 0.3) is 0 Å². The van der Waals surface area contributed by atoms with Crippen LogP contribution in [0, 0.1) is 5.92 Å². The molecular weight excluding hydrogens is 314 g/mol. The lowest BCUT2D eigenvalue weighted by Gasteiger charge is -2.35. The summed E-state index contributed by atoms with van der Waals surface area (Å²) in [6, 6.07) is 9.88. The maximum atomic E-state index is 12.2. The number of piperidine rings is 1. The minimum atomic E-state index is 0.0905. The first-order valence-electron chi connectivity index (χ1n) is 9.22. The van der Waals surface area contributed by atoms with Crippen molar-refractivity contribution in [2.75, 3.05) is 13.1 Å². The molecule has 134 valence electrons. The van der Waals surface area contributed by atoms with Crippen LogP contribution in [-0.4, -0.2) is 39.8 Å². The zero-order valence-electron chi connectivity index (χ0n) is 15.1. The largest absolute Gasteiger partial charge is 0.490 e. The Kier molecular flexibility index (Phi) is 5.74. The maximum Gasteiger partial charge on any atom is 0.222 e. The fraction of sp³-hybridized carbons (Fsp3) is 0.500. The number of ether oxygens (including phenoxy) is 1. The van der Waals surface area contributed by atoms with Crippen molar-refractivity contribution in [2.24, 2.45) is 5.92 Å². The molecule has 0 spiro atoms. The number of carbonyl (C=O) groups is 1. The predicted molar refractivity (Wildman–Crippen MR) is 97.9 cm³/mol. The molecule has 2 heterocycles. The van der Waals surface area contributed by atoms with Gasteiger partial charge in [0, 0.05) is 37.8 Å². The second-order valence-electron chi connectivity index (χ2n) is 6.76.